The van der Waals surface area contributed by atoms with Crippen LogP contribution in [0, 0.1) is 0 Å². The predicted molar refractivity (Wildman–Crippen MR) is 100 cm³/mol. The van der Waals surface area contributed by atoms with Gasteiger partial charge in [0, 0.05) is 11.4 Å². The van der Waals surface area contributed by atoms with Crippen LogP contribution in [0.4, 0.5) is 21.0 Å². The van der Waals surface area contributed by atoms with Crippen LogP contribution in [-0.4, -0.2) is 49.8 Å². The first-order valence-electron chi connectivity index (χ1n) is 8.97. The van der Waals surface area contributed by atoms with Crippen LogP contribution in [-0.2, 0) is 18.9 Å². The molecule has 4 rings (SSSR count). The lowest BCUT2D eigenvalue weighted by molar-refractivity contribution is -0.00696. The average molecular weight is 384 g/mol. The number of hydrogen-bond donors (Lipinski definition) is 2. The molecule has 8 nitrogen and oxygen atoms in total. The Bertz CT molecular complexity index is 746. The van der Waals surface area contributed by atoms with E-state index in [1.807, 2.05) is 36.4 Å². The van der Waals surface area contributed by atoms with Crippen LogP contribution >= 0.6 is 0 Å². The largest absolute Gasteiger partial charge is 0.441 e. The summed E-state index contributed by atoms with van der Waals surface area (Å²) in [5, 5.41) is 5.30. The molecule has 2 aromatic rings. The molecule has 0 saturated carbocycles. The molecular formula is C20H20N2O6. The minimum atomic E-state index is -0.588. The molecule has 2 aliphatic rings. The zero-order valence-corrected chi connectivity index (χ0v) is 14.9. The van der Waals surface area contributed by atoms with E-state index >= 15 is 0 Å². The highest BCUT2D eigenvalue weighted by Gasteiger charge is 2.51. The number of ether oxygens (including phenoxy) is 4. The Labute approximate surface area is 161 Å². The van der Waals surface area contributed by atoms with E-state index in [9.17, 15) is 9.59 Å². The fraction of sp³-hybridized carbons (Fsp3) is 0.300. The molecule has 8 heteroatoms. The second-order valence-electron chi connectivity index (χ2n) is 6.47. The van der Waals surface area contributed by atoms with Crippen molar-refractivity contribution >= 4 is 23.6 Å². The summed E-state index contributed by atoms with van der Waals surface area (Å²) >= 11 is 0. The van der Waals surface area contributed by atoms with Crippen molar-refractivity contribution in [3.8, 4) is 0 Å². The molecule has 146 valence electrons. The maximum atomic E-state index is 12.1. The van der Waals surface area contributed by atoms with E-state index < -0.39 is 36.6 Å². The van der Waals surface area contributed by atoms with Gasteiger partial charge in [-0.3, -0.25) is 10.6 Å². The Morgan fingerprint density at radius 2 is 1.11 bits per heavy atom. The van der Waals surface area contributed by atoms with Crippen molar-refractivity contribution in [3.05, 3.63) is 60.7 Å². The minimum Gasteiger partial charge on any atom is -0.441 e. The minimum absolute atomic E-state index is 0.178. The molecule has 2 heterocycles. The third-order valence-corrected chi connectivity index (χ3v) is 4.52. The zero-order valence-electron chi connectivity index (χ0n) is 14.9. The van der Waals surface area contributed by atoms with E-state index in [4.69, 9.17) is 18.9 Å². The summed E-state index contributed by atoms with van der Waals surface area (Å²) in [4.78, 5) is 24.2. The molecule has 2 saturated heterocycles. The van der Waals surface area contributed by atoms with Crippen molar-refractivity contribution in [2.75, 3.05) is 23.8 Å². The molecular weight excluding hydrogens is 364 g/mol. The molecule has 2 fully saturated rings. The SMILES string of the molecule is O=C(Nc1ccccc1)O[C@H]1CO[C@H]2[C@@H]1OC[C@H]2OC(=O)Nc1ccccc1. The van der Waals surface area contributed by atoms with Crippen LogP contribution in [0.2, 0.25) is 0 Å². The molecule has 0 unspecified atom stereocenters. The third-order valence-electron chi connectivity index (χ3n) is 4.52. The van der Waals surface area contributed by atoms with Gasteiger partial charge >= 0.3 is 12.2 Å². The summed E-state index contributed by atoms with van der Waals surface area (Å²) in [6.45, 7) is 0.357. The lowest BCUT2D eigenvalue weighted by Crippen LogP contribution is -2.37. The standard InChI is InChI=1S/C20H20N2O6/c23-19(21-13-7-3-1-4-8-13)27-15-11-25-18-16(12-26-17(15)18)28-20(24)22-14-9-5-2-6-10-14/h1-10,15-18H,11-12H2,(H,21,23)(H,22,24)/t15-,16+,17-,18-/m1/s1. The Balaban J connectivity index is 1.28. The van der Waals surface area contributed by atoms with Gasteiger partial charge in [0.2, 0.25) is 0 Å². The van der Waals surface area contributed by atoms with Crippen molar-refractivity contribution < 1.29 is 28.5 Å². The van der Waals surface area contributed by atoms with Gasteiger partial charge in [0.25, 0.3) is 0 Å². The zero-order chi connectivity index (χ0) is 19.3. The Morgan fingerprint density at radius 1 is 0.714 bits per heavy atom. The van der Waals surface area contributed by atoms with Gasteiger partial charge in [0.05, 0.1) is 13.2 Å². The van der Waals surface area contributed by atoms with Crippen LogP contribution in [0.25, 0.3) is 0 Å². The van der Waals surface area contributed by atoms with Crippen molar-refractivity contribution in [3.63, 3.8) is 0 Å². The second kappa shape index (κ2) is 8.28. The van der Waals surface area contributed by atoms with Gasteiger partial charge in [0.1, 0.15) is 12.2 Å². The number of carbonyl (C=O) groups excluding carboxylic acids is 2. The van der Waals surface area contributed by atoms with E-state index in [1.165, 1.54) is 0 Å². The number of para-hydroxylation sites is 2. The molecule has 0 aliphatic carbocycles. The number of benzene rings is 2. The van der Waals surface area contributed by atoms with Crippen LogP contribution in [0.1, 0.15) is 0 Å². The van der Waals surface area contributed by atoms with Crippen molar-refractivity contribution in [2.24, 2.45) is 0 Å². The molecule has 0 aromatic heterocycles. The Kier molecular flexibility index (Phi) is 5.41. The summed E-state index contributed by atoms with van der Waals surface area (Å²) in [5.74, 6) is 0. The monoisotopic (exact) mass is 384 g/mol. The Morgan fingerprint density at radius 3 is 1.50 bits per heavy atom. The van der Waals surface area contributed by atoms with Gasteiger partial charge < -0.3 is 18.9 Å². The molecule has 2 aromatic carbocycles. The fourth-order valence-corrected chi connectivity index (χ4v) is 3.24. The average Bonchev–Trinajstić information content (AvgIpc) is 3.27. The Hall–Kier alpha value is -3.10. The number of carbonyl (C=O) groups is 2. The van der Waals surface area contributed by atoms with Gasteiger partial charge in [-0.15, -0.1) is 0 Å². The van der Waals surface area contributed by atoms with Gasteiger partial charge in [-0.25, -0.2) is 9.59 Å². The van der Waals surface area contributed by atoms with Crippen molar-refractivity contribution in [1.29, 1.82) is 0 Å². The smallest absolute Gasteiger partial charge is 0.412 e. The van der Waals surface area contributed by atoms with E-state index in [-0.39, 0.29) is 13.2 Å². The quantitative estimate of drug-likeness (QED) is 0.841. The fourth-order valence-electron chi connectivity index (χ4n) is 3.24. The highest BCUT2D eigenvalue weighted by atomic mass is 16.7. The summed E-state index contributed by atoms with van der Waals surface area (Å²) in [6, 6.07) is 18.0. The third kappa shape index (κ3) is 4.24. The highest BCUT2D eigenvalue weighted by molar-refractivity contribution is 5.85. The normalized spacial score (nSPS) is 25.6. The van der Waals surface area contributed by atoms with Crippen molar-refractivity contribution in [1.82, 2.24) is 0 Å². The first-order chi connectivity index (χ1) is 13.7. The molecule has 0 bridgehead atoms. The van der Waals surface area contributed by atoms with E-state index in [1.54, 1.807) is 24.3 Å². The second-order valence-corrected chi connectivity index (χ2v) is 6.47. The topological polar surface area (TPSA) is 95.1 Å². The van der Waals surface area contributed by atoms with E-state index in [2.05, 4.69) is 10.6 Å². The highest BCUT2D eigenvalue weighted by Crippen LogP contribution is 2.31. The van der Waals surface area contributed by atoms with Gasteiger partial charge in [-0.1, -0.05) is 36.4 Å². The van der Waals surface area contributed by atoms with Gasteiger partial charge in [-0.2, -0.15) is 0 Å². The maximum absolute atomic E-state index is 12.1. The summed E-state index contributed by atoms with van der Waals surface area (Å²) in [7, 11) is 0. The number of anilines is 2. The molecule has 4 atom stereocenters. The van der Waals surface area contributed by atoms with E-state index in [0.29, 0.717) is 11.4 Å². The van der Waals surface area contributed by atoms with Gasteiger partial charge in [0.15, 0.2) is 12.2 Å². The van der Waals surface area contributed by atoms with Crippen LogP contribution in [0.15, 0.2) is 60.7 Å². The molecule has 2 amide bonds. The van der Waals surface area contributed by atoms with E-state index in [0.717, 1.165) is 0 Å². The van der Waals surface area contributed by atoms with Crippen LogP contribution in [0.5, 0.6) is 0 Å². The van der Waals surface area contributed by atoms with Crippen LogP contribution < -0.4 is 10.6 Å². The lowest BCUT2D eigenvalue weighted by Gasteiger charge is -2.17. The molecule has 0 spiro atoms. The number of hydrogen-bond acceptors (Lipinski definition) is 6. The van der Waals surface area contributed by atoms with Gasteiger partial charge in [-0.05, 0) is 24.3 Å². The number of nitrogens with one attached hydrogen (secondary N) is 2. The summed E-state index contributed by atoms with van der Waals surface area (Å²) < 4.78 is 22.2. The first-order valence-corrected chi connectivity index (χ1v) is 8.97. The summed E-state index contributed by atoms with van der Waals surface area (Å²) in [5.41, 5.74) is 1.27. The molecule has 2 aliphatic heterocycles. The maximum Gasteiger partial charge on any atom is 0.412 e. The summed E-state index contributed by atoms with van der Waals surface area (Å²) in [6.07, 6.45) is -3.27. The first kappa shape index (κ1) is 18.3. The number of fused-ring (bicyclic) bond motifs is 1. The van der Waals surface area contributed by atoms with Crippen LogP contribution in [0.3, 0.4) is 0 Å². The lowest BCUT2D eigenvalue weighted by atomic mass is 10.1. The predicted octanol–water partition coefficient (Wildman–Crippen LogP) is 3.02. The molecule has 0 radical (unpaired) electrons. The molecule has 2 N–H and O–H groups in total. The molecule has 28 heavy (non-hydrogen) atoms. The number of rotatable bonds is 4. The number of amides is 2. The van der Waals surface area contributed by atoms with Crippen molar-refractivity contribution in [2.45, 2.75) is 24.4 Å².